The Bertz CT molecular complexity index is 472. The van der Waals surface area contributed by atoms with Crippen LogP contribution in [0.15, 0.2) is 18.2 Å². The molecular formula is C15H20Cl2N2. The highest BCUT2D eigenvalue weighted by Gasteiger charge is 2.24. The molecule has 0 saturated heterocycles. The Kier molecular flexibility index (Phi) is 5.67. The molecule has 104 valence electrons. The summed E-state index contributed by atoms with van der Waals surface area (Å²) in [6, 6.07) is 7.92. The van der Waals surface area contributed by atoms with Crippen molar-refractivity contribution in [3.63, 3.8) is 0 Å². The quantitative estimate of drug-likeness (QED) is 0.864. The van der Waals surface area contributed by atoms with Gasteiger partial charge in [0.05, 0.1) is 12.0 Å². The third-order valence-electron chi connectivity index (χ3n) is 3.26. The molecule has 0 heterocycles. The SMILES string of the molecule is C[C@@H](NCC(C#N)C(C)(C)C)c1ccc(Cl)cc1Cl. The second-order valence-electron chi connectivity index (χ2n) is 5.84. The van der Waals surface area contributed by atoms with Gasteiger partial charge in [-0.2, -0.15) is 5.26 Å². The van der Waals surface area contributed by atoms with E-state index in [1.807, 2.05) is 19.1 Å². The predicted molar refractivity (Wildman–Crippen MR) is 81.4 cm³/mol. The number of hydrogen-bond donors (Lipinski definition) is 1. The van der Waals surface area contributed by atoms with E-state index in [9.17, 15) is 5.26 Å². The van der Waals surface area contributed by atoms with Gasteiger partial charge in [0.1, 0.15) is 0 Å². The van der Waals surface area contributed by atoms with Crippen molar-refractivity contribution in [3.8, 4) is 6.07 Å². The lowest BCUT2D eigenvalue weighted by Crippen LogP contribution is -2.32. The molecule has 0 aliphatic heterocycles. The molecular weight excluding hydrogens is 279 g/mol. The second kappa shape index (κ2) is 6.61. The van der Waals surface area contributed by atoms with E-state index in [1.165, 1.54) is 0 Å². The van der Waals surface area contributed by atoms with Crippen molar-refractivity contribution in [2.75, 3.05) is 6.54 Å². The fraction of sp³-hybridized carbons (Fsp3) is 0.533. The molecule has 1 aromatic carbocycles. The maximum absolute atomic E-state index is 9.20. The Balaban J connectivity index is 2.70. The van der Waals surface area contributed by atoms with Gasteiger partial charge in [-0.25, -0.2) is 0 Å². The molecule has 0 aliphatic carbocycles. The van der Waals surface area contributed by atoms with Crippen LogP contribution in [-0.2, 0) is 0 Å². The number of nitriles is 1. The first-order chi connectivity index (χ1) is 8.75. The van der Waals surface area contributed by atoms with Crippen molar-refractivity contribution in [2.24, 2.45) is 11.3 Å². The fourth-order valence-electron chi connectivity index (χ4n) is 1.80. The van der Waals surface area contributed by atoms with E-state index in [1.54, 1.807) is 6.07 Å². The molecule has 0 radical (unpaired) electrons. The molecule has 0 spiro atoms. The molecule has 1 unspecified atom stereocenters. The summed E-state index contributed by atoms with van der Waals surface area (Å²) in [4.78, 5) is 0. The Morgan fingerprint density at radius 3 is 2.42 bits per heavy atom. The van der Waals surface area contributed by atoms with Crippen LogP contribution in [0.25, 0.3) is 0 Å². The molecule has 1 N–H and O–H groups in total. The third-order valence-corrected chi connectivity index (χ3v) is 3.82. The molecule has 19 heavy (non-hydrogen) atoms. The Hall–Kier alpha value is -0.750. The van der Waals surface area contributed by atoms with Gasteiger partial charge in [-0.15, -0.1) is 0 Å². The molecule has 2 nitrogen and oxygen atoms in total. The molecule has 0 amide bonds. The van der Waals surface area contributed by atoms with Crippen LogP contribution in [-0.4, -0.2) is 6.54 Å². The van der Waals surface area contributed by atoms with Crippen LogP contribution in [0, 0.1) is 22.7 Å². The number of rotatable bonds is 4. The number of hydrogen-bond acceptors (Lipinski definition) is 2. The van der Waals surface area contributed by atoms with E-state index in [2.05, 4.69) is 32.2 Å². The van der Waals surface area contributed by atoms with E-state index in [0.717, 1.165) is 5.56 Å². The minimum absolute atomic E-state index is 0.0364. The van der Waals surface area contributed by atoms with Gasteiger partial charge in [0, 0.05) is 22.6 Å². The van der Waals surface area contributed by atoms with Gasteiger partial charge < -0.3 is 5.32 Å². The van der Waals surface area contributed by atoms with Crippen molar-refractivity contribution in [1.29, 1.82) is 5.26 Å². The number of halogens is 2. The van der Waals surface area contributed by atoms with Crippen molar-refractivity contribution >= 4 is 23.2 Å². The zero-order valence-electron chi connectivity index (χ0n) is 11.8. The summed E-state index contributed by atoms with van der Waals surface area (Å²) < 4.78 is 0. The summed E-state index contributed by atoms with van der Waals surface area (Å²) >= 11 is 12.1. The van der Waals surface area contributed by atoms with E-state index in [-0.39, 0.29) is 17.4 Å². The van der Waals surface area contributed by atoms with E-state index < -0.39 is 0 Å². The highest BCUT2D eigenvalue weighted by molar-refractivity contribution is 6.35. The largest absolute Gasteiger partial charge is 0.309 e. The van der Waals surface area contributed by atoms with Gasteiger partial charge in [0.15, 0.2) is 0 Å². The smallest absolute Gasteiger partial charge is 0.0674 e. The molecule has 4 heteroatoms. The maximum Gasteiger partial charge on any atom is 0.0674 e. The molecule has 0 bridgehead atoms. The van der Waals surface area contributed by atoms with Crippen LogP contribution in [0.3, 0.4) is 0 Å². The molecule has 0 aliphatic rings. The van der Waals surface area contributed by atoms with Gasteiger partial charge >= 0.3 is 0 Å². The molecule has 1 aromatic rings. The van der Waals surface area contributed by atoms with Crippen molar-refractivity contribution < 1.29 is 0 Å². The van der Waals surface area contributed by atoms with Crippen LogP contribution in [0.4, 0.5) is 0 Å². The van der Waals surface area contributed by atoms with Crippen LogP contribution in [0.2, 0.25) is 10.0 Å². The van der Waals surface area contributed by atoms with E-state index in [4.69, 9.17) is 23.2 Å². The lowest BCUT2D eigenvalue weighted by Gasteiger charge is -2.26. The number of nitrogens with one attached hydrogen (secondary N) is 1. The number of nitrogens with zero attached hydrogens (tertiary/aromatic N) is 1. The van der Waals surface area contributed by atoms with Gasteiger partial charge in [-0.05, 0) is 30.0 Å². The Morgan fingerprint density at radius 2 is 1.95 bits per heavy atom. The molecule has 1 rings (SSSR count). The monoisotopic (exact) mass is 298 g/mol. The maximum atomic E-state index is 9.20. The van der Waals surface area contributed by atoms with E-state index in [0.29, 0.717) is 16.6 Å². The summed E-state index contributed by atoms with van der Waals surface area (Å²) in [5, 5.41) is 13.8. The summed E-state index contributed by atoms with van der Waals surface area (Å²) in [7, 11) is 0. The third kappa shape index (κ3) is 4.69. The summed E-state index contributed by atoms with van der Waals surface area (Å²) in [6.45, 7) is 8.89. The summed E-state index contributed by atoms with van der Waals surface area (Å²) in [5.41, 5.74) is 0.960. The normalized spacial score (nSPS) is 14.8. The zero-order valence-corrected chi connectivity index (χ0v) is 13.3. The van der Waals surface area contributed by atoms with Crippen molar-refractivity contribution in [1.82, 2.24) is 5.32 Å². The average Bonchev–Trinajstić information content (AvgIpc) is 2.27. The van der Waals surface area contributed by atoms with Crippen LogP contribution < -0.4 is 5.32 Å². The first-order valence-corrected chi connectivity index (χ1v) is 7.09. The Labute approximate surface area is 125 Å². The predicted octanol–water partition coefficient (Wildman–Crippen LogP) is 4.83. The lowest BCUT2D eigenvalue weighted by atomic mass is 9.81. The summed E-state index contributed by atoms with van der Waals surface area (Å²) in [6.07, 6.45) is 0. The standard InChI is InChI=1S/C15H20Cl2N2/c1-10(13-6-5-12(16)7-14(13)17)19-9-11(8-18)15(2,3)4/h5-7,10-11,19H,9H2,1-4H3/t10-,11?/m1/s1. The first kappa shape index (κ1) is 16.3. The van der Waals surface area contributed by atoms with Crippen molar-refractivity contribution in [2.45, 2.75) is 33.7 Å². The molecule has 0 fully saturated rings. The molecule has 2 atom stereocenters. The second-order valence-corrected chi connectivity index (χ2v) is 6.69. The zero-order chi connectivity index (χ0) is 14.6. The molecule has 0 saturated carbocycles. The number of benzene rings is 1. The van der Waals surface area contributed by atoms with E-state index >= 15 is 0 Å². The molecule has 0 aromatic heterocycles. The van der Waals surface area contributed by atoms with Crippen LogP contribution >= 0.6 is 23.2 Å². The Morgan fingerprint density at radius 1 is 1.32 bits per heavy atom. The van der Waals surface area contributed by atoms with Crippen molar-refractivity contribution in [3.05, 3.63) is 33.8 Å². The van der Waals surface area contributed by atoms with Crippen LogP contribution in [0.1, 0.15) is 39.3 Å². The fourth-order valence-corrected chi connectivity index (χ4v) is 2.37. The lowest BCUT2D eigenvalue weighted by molar-refractivity contribution is 0.283. The average molecular weight is 299 g/mol. The minimum Gasteiger partial charge on any atom is -0.309 e. The summed E-state index contributed by atoms with van der Waals surface area (Å²) in [5.74, 6) is -0.0407. The highest BCUT2D eigenvalue weighted by atomic mass is 35.5. The van der Waals surface area contributed by atoms with Gasteiger partial charge in [-0.3, -0.25) is 0 Å². The topological polar surface area (TPSA) is 35.8 Å². The van der Waals surface area contributed by atoms with Crippen LogP contribution in [0.5, 0.6) is 0 Å². The van der Waals surface area contributed by atoms with Gasteiger partial charge in [0.25, 0.3) is 0 Å². The minimum atomic E-state index is -0.0407. The van der Waals surface area contributed by atoms with Gasteiger partial charge in [0.2, 0.25) is 0 Å². The highest BCUT2D eigenvalue weighted by Crippen LogP contribution is 2.28. The van der Waals surface area contributed by atoms with Gasteiger partial charge in [-0.1, -0.05) is 50.0 Å². The first-order valence-electron chi connectivity index (χ1n) is 6.33.